The minimum Gasteiger partial charge on any atom is -0.359 e. The van der Waals surface area contributed by atoms with Crippen LogP contribution in [0.1, 0.15) is 33.6 Å². The Morgan fingerprint density at radius 3 is 2.65 bits per heavy atom. The number of pyridine rings is 1. The molecule has 2 aromatic carbocycles. The zero-order valence-electron chi connectivity index (χ0n) is 20.7. The number of nitrogens with one attached hydrogen (secondary N) is 3. The number of aromatic nitrogens is 2. The predicted molar refractivity (Wildman–Crippen MR) is 143 cm³/mol. The number of aromatic amines is 1. The normalized spacial score (nSPS) is 13.5. The number of halogens is 1. The molecule has 0 fully saturated rings. The Kier molecular flexibility index (Phi) is 6.68. The third kappa shape index (κ3) is 5.07. The second-order valence-corrected chi connectivity index (χ2v) is 9.15. The zero-order valence-corrected chi connectivity index (χ0v) is 20.7. The van der Waals surface area contributed by atoms with Gasteiger partial charge >= 0.3 is 0 Å². The molecule has 0 aliphatic carbocycles. The number of carbonyl (C=O) groups is 2. The maximum absolute atomic E-state index is 14.0. The highest BCUT2D eigenvalue weighted by Gasteiger charge is 2.28. The maximum Gasteiger partial charge on any atom is 0.256 e. The molecule has 0 bridgehead atoms. The molecule has 37 heavy (non-hydrogen) atoms. The molecule has 4 aromatic rings. The van der Waals surface area contributed by atoms with Crippen molar-refractivity contribution in [3.8, 4) is 11.1 Å². The lowest BCUT2D eigenvalue weighted by Gasteiger charge is -2.09. The van der Waals surface area contributed by atoms with Crippen LogP contribution < -0.4 is 10.6 Å². The van der Waals surface area contributed by atoms with E-state index < -0.39 is 0 Å². The van der Waals surface area contributed by atoms with Crippen molar-refractivity contribution in [2.45, 2.75) is 26.7 Å². The molecule has 6 nitrogen and oxygen atoms in total. The Morgan fingerprint density at radius 1 is 1.08 bits per heavy atom. The summed E-state index contributed by atoms with van der Waals surface area (Å²) < 4.78 is 14.0. The lowest BCUT2D eigenvalue weighted by Crippen LogP contribution is -2.27. The second kappa shape index (κ2) is 10.2. The fourth-order valence-electron chi connectivity index (χ4n) is 4.77. The summed E-state index contributed by atoms with van der Waals surface area (Å²) in [5, 5.41) is 5.90. The lowest BCUT2D eigenvalue weighted by atomic mass is 9.94. The van der Waals surface area contributed by atoms with E-state index in [1.165, 1.54) is 12.1 Å². The van der Waals surface area contributed by atoms with Crippen LogP contribution in [-0.4, -0.2) is 28.3 Å². The van der Waals surface area contributed by atoms with Gasteiger partial charge in [-0.25, -0.2) is 4.39 Å². The number of anilines is 1. The molecule has 7 heteroatoms. The van der Waals surface area contributed by atoms with Crippen molar-refractivity contribution in [3.63, 3.8) is 0 Å². The van der Waals surface area contributed by atoms with Crippen molar-refractivity contribution in [1.29, 1.82) is 0 Å². The Balaban J connectivity index is 1.39. The minimum atomic E-state index is -0.336. The van der Waals surface area contributed by atoms with E-state index in [-0.39, 0.29) is 24.1 Å². The Bertz CT molecular complexity index is 1520. The van der Waals surface area contributed by atoms with Gasteiger partial charge in [0.25, 0.3) is 5.91 Å². The maximum atomic E-state index is 14.0. The van der Waals surface area contributed by atoms with Gasteiger partial charge in [0.15, 0.2) is 0 Å². The number of aryl methyl sites for hydroxylation is 1. The standard InChI is InChI=1S/C30H27FN4O2/c1-18-24(17-28(36)33-14-11-20-9-12-32-13-10-20)19(2)34-27(18)16-25-29-23(21-5-3-6-22(31)15-21)7-4-8-26(29)35-30(25)37/h3-10,12-13,15-16,34H,11,14,17H2,1-2H3,(H,33,36)(H,35,37). The SMILES string of the molecule is Cc1[nH]c(C=C2C(=O)Nc3cccc(-c4cccc(F)c4)c32)c(C)c1CC(=O)NCCc1ccncc1. The minimum absolute atomic E-state index is 0.0594. The fourth-order valence-corrected chi connectivity index (χ4v) is 4.77. The summed E-state index contributed by atoms with van der Waals surface area (Å²) in [5.74, 6) is -0.617. The largest absolute Gasteiger partial charge is 0.359 e. The topological polar surface area (TPSA) is 86.9 Å². The Labute approximate surface area is 214 Å². The molecule has 0 saturated heterocycles. The van der Waals surface area contributed by atoms with Crippen molar-refractivity contribution in [2.24, 2.45) is 0 Å². The van der Waals surface area contributed by atoms with Crippen molar-refractivity contribution in [2.75, 3.05) is 11.9 Å². The molecule has 0 radical (unpaired) electrons. The van der Waals surface area contributed by atoms with E-state index >= 15 is 0 Å². The van der Waals surface area contributed by atoms with E-state index in [2.05, 4.69) is 20.6 Å². The van der Waals surface area contributed by atoms with Crippen LogP contribution in [0.3, 0.4) is 0 Å². The van der Waals surface area contributed by atoms with Crippen LogP contribution in [0.25, 0.3) is 22.8 Å². The zero-order chi connectivity index (χ0) is 25.9. The molecule has 5 rings (SSSR count). The molecule has 1 aliphatic rings. The molecule has 0 unspecified atom stereocenters. The van der Waals surface area contributed by atoms with Crippen LogP contribution in [0.2, 0.25) is 0 Å². The van der Waals surface area contributed by atoms with E-state index in [4.69, 9.17) is 0 Å². The first-order chi connectivity index (χ1) is 17.9. The van der Waals surface area contributed by atoms with Gasteiger partial charge < -0.3 is 15.6 Å². The molecule has 3 heterocycles. The number of amides is 2. The van der Waals surface area contributed by atoms with Crippen molar-refractivity contribution in [3.05, 3.63) is 106 Å². The Morgan fingerprint density at radius 2 is 1.86 bits per heavy atom. The molecule has 0 spiro atoms. The number of carbonyl (C=O) groups excluding carboxylic acids is 2. The quantitative estimate of drug-likeness (QED) is 0.308. The van der Waals surface area contributed by atoms with Crippen LogP contribution in [0, 0.1) is 19.7 Å². The average molecular weight is 495 g/mol. The van der Waals surface area contributed by atoms with E-state index in [9.17, 15) is 14.0 Å². The third-order valence-corrected chi connectivity index (χ3v) is 6.70. The first kappa shape index (κ1) is 24.2. The van der Waals surface area contributed by atoms with Gasteiger partial charge in [-0.2, -0.15) is 0 Å². The summed E-state index contributed by atoms with van der Waals surface area (Å²) in [5.41, 5.74) is 7.98. The molecule has 0 saturated carbocycles. The van der Waals surface area contributed by atoms with Gasteiger partial charge in [-0.1, -0.05) is 24.3 Å². The van der Waals surface area contributed by atoms with Crippen LogP contribution >= 0.6 is 0 Å². The molecule has 186 valence electrons. The summed E-state index contributed by atoms with van der Waals surface area (Å²) in [6.07, 6.45) is 6.27. The molecular formula is C30H27FN4O2. The van der Waals surface area contributed by atoms with Crippen molar-refractivity contribution in [1.82, 2.24) is 15.3 Å². The molecule has 0 atom stereocenters. The number of fused-ring (bicyclic) bond motifs is 1. The smallest absolute Gasteiger partial charge is 0.256 e. The first-order valence-electron chi connectivity index (χ1n) is 12.2. The van der Waals surface area contributed by atoms with E-state index in [0.717, 1.165) is 45.6 Å². The Hall–Kier alpha value is -4.52. The van der Waals surface area contributed by atoms with Gasteiger partial charge in [0.05, 0.1) is 12.0 Å². The number of hydrogen-bond acceptors (Lipinski definition) is 3. The highest BCUT2D eigenvalue weighted by atomic mass is 19.1. The average Bonchev–Trinajstić information content (AvgIpc) is 3.35. The van der Waals surface area contributed by atoms with Gasteiger partial charge in [0.2, 0.25) is 5.91 Å². The van der Waals surface area contributed by atoms with E-state index in [1.807, 2.05) is 56.3 Å². The van der Waals surface area contributed by atoms with Crippen LogP contribution in [-0.2, 0) is 22.4 Å². The van der Waals surface area contributed by atoms with Gasteiger partial charge in [0, 0.05) is 41.6 Å². The highest BCUT2D eigenvalue weighted by Crippen LogP contribution is 2.40. The summed E-state index contributed by atoms with van der Waals surface area (Å²) in [6, 6.07) is 15.8. The molecule has 2 aromatic heterocycles. The number of H-pyrrole nitrogens is 1. The third-order valence-electron chi connectivity index (χ3n) is 6.70. The number of nitrogens with zero attached hydrogens (tertiary/aromatic N) is 1. The van der Waals surface area contributed by atoms with Gasteiger partial charge in [0.1, 0.15) is 5.82 Å². The van der Waals surface area contributed by atoms with E-state index in [0.29, 0.717) is 23.4 Å². The molecular weight excluding hydrogens is 467 g/mol. The van der Waals surface area contributed by atoms with Gasteiger partial charge in [-0.05, 0) is 84.5 Å². The predicted octanol–water partition coefficient (Wildman–Crippen LogP) is 5.23. The van der Waals surface area contributed by atoms with E-state index in [1.54, 1.807) is 18.5 Å². The van der Waals surface area contributed by atoms with Gasteiger partial charge in [-0.3, -0.25) is 14.6 Å². The molecule has 2 amide bonds. The summed E-state index contributed by atoms with van der Waals surface area (Å²) in [4.78, 5) is 33.0. The first-order valence-corrected chi connectivity index (χ1v) is 12.2. The number of rotatable bonds is 7. The van der Waals surface area contributed by atoms with Crippen molar-refractivity contribution >= 4 is 29.2 Å². The second-order valence-electron chi connectivity index (χ2n) is 9.15. The molecule has 1 aliphatic heterocycles. The molecule has 3 N–H and O–H groups in total. The van der Waals surface area contributed by atoms with Crippen LogP contribution in [0.5, 0.6) is 0 Å². The summed E-state index contributed by atoms with van der Waals surface area (Å²) in [7, 11) is 0. The fraction of sp³-hybridized carbons (Fsp3) is 0.167. The van der Waals surface area contributed by atoms with Gasteiger partial charge in [-0.15, -0.1) is 0 Å². The van der Waals surface area contributed by atoms with Crippen molar-refractivity contribution < 1.29 is 14.0 Å². The monoisotopic (exact) mass is 494 g/mol. The highest BCUT2D eigenvalue weighted by molar-refractivity contribution is 6.36. The number of benzene rings is 2. The summed E-state index contributed by atoms with van der Waals surface area (Å²) >= 11 is 0. The number of hydrogen-bond donors (Lipinski definition) is 3. The lowest BCUT2D eigenvalue weighted by molar-refractivity contribution is -0.120. The van der Waals surface area contributed by atoms with Crippen LogP contribution in [0.4, 0.5) is 10.1 Å². The van der Waals surface area contributed by atoms with Crippen LogP contribution in [0.15, 0.2) is 67.0 Å². The summed E-state index contributed by atoms with van der Waals surface area (Å²) in [6.45, 7) is 4.42.